The van der Waals surface area contributed by atoms with Crippen molar-refractivity contribution in [1.29, 1.82) is 0 Å². The molecule has 8 nitrogen and oxygen atoms in total. The monoisotopic (exact) mass is 433 g/mol. The Morgan fingerprint density at radius 3 is 2.67 bits per heavy atom. The van der Waals surface area contributed by atoms with Crippen LogP contribution in [0.2, 0.25) is 0 Å². The van der Waals surface area contributed by atoms with Crippen molar-refractivity contribution in [2.45, 2.75) is 26.4 Å². The molecule has 2 N–H and O–H groups in total. The third-order valence-electron chi connectivity index (χ3n) is 4.68. The van der Waals surface area contributed by atoms with E-state index in [2.05, 4.69) is 31.7 Å². The van der Waals surface area contributed by atoms with Gasteiger partial charge in [0, 0.05) is 47.1 Å². The molecule has 2 heterocycles. The third-order valence-corrected chi connectivity index (χ3v) is 5.17. The number of hydrogen-bond acceptors (Lipinski definition) is 4. The van der Waals surface area contributed by atoms with Gasteiger partial charge < -0.3 is 15.5 Å². The van der Waals surface area contributed by atoms with Crippen LogP contribution in [0.15, 0.2) is 28.9 Å². The fourth-order valence-electron chi connectivity index (χ4n) is 3.05. The van der Waals surface area contributed by atoms with Crippen molar-refractivity contribution < 1.29 is 14.4 Å². The predicted molar refractivity (Wildman–Crippen MR) is 103 cm³/mol. The Bertz CT molecular complexity index is 924. The molecule has 142 valence electrons. The van der Waals surface area contributed by atoms with E-state index in [1.165, 1.54) is 0 Å². The summed E-state index contributed by atoms with van der Waals surface area (Å²) in [6.45, 7) is 4.40. The average Bonchev–Trinajstić information content (AvgIpc) is 3.10. The zero-order valence-corrected chi connectivity index (χ0v) is 16.8. The molecule has 2 aromatic rings. The van der Waals surface area contributed by atoms with E-state index in [-0.39, 0.29) is 12.5 Å². The number of aromatic nitrogens is 2. The van der Waals surface area contributed by atoms with Gasteiger partial charge in [-0.25, -0.2) is 0 Å². The molecule has 0 saturated carbocycles. The Labute approximate surface area is 165 Å². The maximum Gasteiger partial charge on any atom is 0.310 e. The minimum Gasteiger partial charge on any atom is -0.344 e. The second-order valence-electron chi connectivity index (χ2n) is 6.25. The van der Waals surface area contributed by atoms with Gasteiger partial charge in [0.1, 0.15) is 6.04 Å². The molecule has 0 radical (unpaired) electrons. The van der Waals surface area contributed by atoms with E-state index in [0.29, 0.717) is 12.1 Å². The molecule has 9 heteroatoms. The first kappa shape index (κ1) is 19.1. The van der Waals surface area contributed by atoms with Gasteiger partial charge in [0.25, 0.3) is 5.91 Å². The van der Waals surface area contributed by atoms with Gasteiger partial charge in [-0.15, -0.1) is 0 Å². The number of halogens is 1. The first-order valence-corrected chi connectivity index (χ1v) is 9.29. The van der Waals surface area contributed by atoms with Crippen LogP contribution in [-0.4, -0.2) is 34.0 Å². The van der Waals surface area contributed by atoms with Crippen LogP contribution in [0.3, 0.4) is 0 Å². The van der Waals surface area contributed by atoms with E-state index < -0.39 is 17.9 Å². The Morgan fingerprint density at radius 2 is 2.04 bits per heavy atom. The van der Waals surface area contributed by atoms with Crippen molar-refractivity contribution >= 4 is 39.3 Å². The molecule has 0 fully saturated rings. The Morgan fingerprint density at radius 1 is 1.30 bits per heavy atom. The van der Waals surface area contributed by atoms with Crippen molar-refractivity contribution in [2.75, 3.05) is 11.4 Å². The Kier molecular flexibility index (Phi) is 5.31. The van der Waals surface area contributed by atoms with Gasteiger partial charge in [0.2, 0.25) is 0 Å². The van der Waals surface area contributed by atoms with E-state index >= 15 is 0 Å². The Balaban J connectivity index is 1.70. The number of hydrogen-bond donors (Lipinski definition) is 2. The standard InChI is InChI=1S/C18H20BrN5O3/c1-4-24-14-6-5-12(19)7-13(14)15(18(24)27)22-17(26)16(25)20-8-11-9-21-23(3)10(11)2/h5-7,9,15H,4,8H2,1-3H3,(H,20,25)(H,22,26)/t15-/m0/s1. The predicted octanol–water partition coefficient (Wildman–Crippen LogP) is 1.33. The van der Waals surface area contributed by atoms with E-state index in [9.17, 15) is 14.4 Å². The van der Waals surface area contributed by atoms with Gasteiger partial charge in [0.15, 0.2) is 0 Å². The number of fused-ring (bicyclic) bond motifs is 1. The van der Waals surface area contributed by atoms with Crippen molar-refractivity contribution in [3.8, 4) is 0 Å². The largest absolute Gasteiger partial charge is 0.344 e. The second-order valence-corrected chi connectivity index (χ2v) is 7.17. The van der Waals surface area contributed by atoms with Crippen LogP contribution < -0.4 is 15.5 Å². The van der Waals surface area contributed by atoms with Crippen molar-refractivity contribution in [2.24, 2.45) is 7.05 Å². The smallest absolute Gasteiger partial charge is 0.310 e. The highest BCUT2D eigenvalue weighted by molar-refractivity contribution is 9.10. The van der Waals surface area contributed by atoms with Gasteiger partial charge in [-0.1, -0.05) is 15.9 Å². The molecule has 0 spiro atoms. The van der Waals surface area contributed by atoms with Crippen molar-refractivity contribution in [1.82, 2.24) is 20.4 Å². The molecule has 27 heavy (non-hydrogen) atoms. The number of carbonyl (C=O) groups excluding carboxylic acids is 3. The van der Waals surface area contributed by atoms with Crippen LogP contribution in [-0.2, 0) is 28.0 Å². The Hall–Kier alpha value is -2.68. The molecule has 1 atom stereocenters. The maximum atomic E-state index is 12.6. The van der Waals surface area contributed by atoms with Gasteiger partial charge in [-0.2, -0.15) is 5.10 Å². The lowest BCUT2D eigenvalue weighted by Crippen LogP contribution is -2.44. The lowest BCUT2D eigenvalue weighted by Gasteiger charge is -2.15. The average molecular weight is 434 g/mol. The molecule has 1 aliphatic rings. The highest BCUT2D eigenvalue weighted by Crippen LogP contribution is 2.37. The van der Waals surface area contributed by atoms with Crippen LogP contribution in [0.25, 0.3) is 0 Å². The van der Waals surface area contributed by atoms with Gasteiger partial charge in [-0.3, -0.25) is 19.1 Å². The minimum absolute atomic E-state index is 0.188. The number of aryl methyl sites for hydroxylation is 1. The highest BCUT2D eigenvalue weighted by Gasteiger charge is 2.38. The first-order valence-electron chi connectivity index (χ1n) is 8.50. The highest BCUT2D eigenvalue weighted by atomic mass is 79.9. The maximum absolute atomic E-state index is 12.6. The molecule has 1 aliphatic heterocycles. The zero-order valence-electron chi connectivity index (χ0n) is 15.2. The van der Waals surface area contributed by atoms with Gasteiger partial charge in [0.05, 0.1) is 6.20 Å². The van der Waals surface area contributed by atoms with E-state index in [1.807, 2.05) is 26.0 Å². The summed E-state index contributed by atoms with van der Waals surface area (Å²) in [6.07, 6.45) is 1.64. The van der Waals surface area contributed by atoms with Crippen molar-refractivity contribution in [3.63, 3.8) is 0 Å². The number of amides is 3. The summed E-state index contributed by atoms with van der Waals surface area (Å²) in [5.74, 6) is -1.90. The van der Waals surface area contributed by atoms with Crippen LogP contribution in [0.1, 0.15) is 29.8 Å². The fraction of sp³-hybridized carbons (Fsp3) is 0.333. The topological polar surface area (TPSA) is 96.3 Å². The summed E-state index contributed by atoms with van der Waals surface area (Å²) in [5, 5.41) is 9.21. The first-order chi connectivity index (χ1) is 12.8. The number of nitrogens with one attached hydrogen (secondary N) is 2. The number of nitrogens with zero attached hydrogens (tertiary/aromatic N) is 3. The lowest BCUT2D eigenvalue weighted by atomic mass is 10.1. The number of carbonyl (C=O) groups is 3. The van der Waals surface area contributed by atoms with Crippen LogP contribution in [0.5, 0.6) is 0 Å². The molecular weight excluding hydrogens is 414 g/mol. The van der Waals surface area contributed by atoms with Crippen LogP contribution in [0, 0.1) is 6.92 Å². The molecule has 0 aliphatic carbocycles. The van der Waals surface area contributed by atoms with E-state index in [4.69, 9.17) is 0 Å². The number of anilines is 1. The van der Waals surface area contributed by atoms with E-state index in [0.717, 1.165) is 21.4 Å². The second kappa shape index (κ2) is 7.51. The molecule has 1 aromatic carbocycles. The molecule has 0 saturated heterocycles. The summed E-state index contributed by atoms with van der Waals surface area (Å²) >= 11 is 3.38. The SMILES string of the molecule is CCN1C(=O)[C@@H](NC(=O)C(=O)NCc2cnn(C)c2C)c2cc(Br)ccc21. The molecule has 3 rings (SSSR count). The summed E-state index contributed by atoms with van der Waals surface area (Å²) in [5.41, 5.74) is 3.13. The summed E-state index contributed by atoms with van der Waals surface area (Å²) in [7, 11) is 1.80. The van der Waals surface area contributed by atoms with Crippen LogP contribution in [0.4, 0.5) is 5.69 Å². The normalized spacial score (nSPS) is 15.6. The quantitative estimate of drug-likeness (QED) is 0.710. The van der Waals surface area contributed by atoms with Gasteiger partial charge >= 0.3 is 11.8 Å². The number of likely N-dealkylation sites (N-methyl/N-ethyl adjacent to an activating group) is 1. The summed E-state index contributed by atoms with van der Waals surface area (Å²) < 4.78 is 2.48. The minimum atomic E-state index is -0.879. The summed E-state index contributed by atoms with van der Waals surface area (Å²) in [6, 6.07) is 4.56. The number of rotatable bonds is 4. The molecular formula is C18H20BrN5O3. The number of benzene rings is 1. The lowest BCUT2D eigenvalue weighted by molar-refractivity contribution is -0.140. The fourth-order valence-corrected chi connectivity index (χ4v) is 3.42. The summed E-state index contributed by atoms with van der Waals surface area (Å²) in [4.78, 5) is 38.7. The third kappa shape index (κ3) is 3.59. The van der Waals surface area contributed by atoms with Gasteiger partial charge in [-0.05, 0) is 32.0 Å². The van der Waals surface area contributed by atoms with Crippen molar-refractivity contribution in [3.05, 3.63) is 45.7 Å². The van der Waals surface area contributed by atoms with E-state index in [1.54, 1.807) is 28.9 Å². The molecule has 0 bridgehead atoms. The molecule has 0 unspecified atom stereocenters. The van der Waals surface area contributed by atoms with Crippen LogP contribution >= 0.6 is 15.9 Å². The zero-order chi connectivity index (χ0) is 19.7. The molecule has 1 aromatic heterocycles. The molecule has 3 amide bonds.